The van der Waals surface area contributed by atoms with Crippen LogP contribution in [0.4, 0.5) is 5.69 Å². The summed E-state index contributed by atoms with van der Waals surface area (Å²) in [4.78, 5) is 29.7. The van der Waals surface area contributed by atoms with Gasteiger partial charge in [-0.3, -0.25) is 4.79 Å². The minimum Gasteiger partial charge on any atom is -0.445 e. The van der Waals surface area contributed by atoms with Crippen molar-refractivity contribution in [1.82, 2.24) is 4.90 Å². The van der Waals surface area contributed by atoms with Gasteiger partial charge in [-0.2, -0.15) is 0 Å². The molecule has 2 aromatic rings. The summed E-state index contributed by atoms with van der Waals surface area (Å²) in [5.41, 5.74) is 2.77. The molecule has 1 saturated heterocycles. The van der Waals surface area contributed by atoms with Gasteiger partial charge < -0.3 is 14.5 Å². The van der Waals surface area contributed by atoms with Crippen LogP contribution >= 0.6 is 0 Å². The summed E-state index contributed by atoms with van der Waals surface area (Å²) in [5.74, 6) is -0.513. The number of carbonyl (C=O) groups is 2. The number of hydrogen-bond acceptors (Lipinski definition) is 4. The summed E-state index contributed by atoms with van der Waals surface area (Å²) in [7, 11) is 0. The first-order chi connectivity index (χ1) is 13.0. The first-order valence-electron chi connectivity index (χ1n) is 9.39. The van der Waals surface area contributed by atoms with Gasteiger partial charge in [-0.15, -0.1) is 0 Å². The molecule has 2 aromatic carbocycles. The van der Waals surface area contributed by atoms with Crippen molar-refractivity contribution in [1.29, 1.82) is 0 Å². The molecule has 0 bridgehead atoms. The highest BCUT2D eigenvalue weighted by Crippen LogP contribution is 2.30. The Morgan fingerprint density at radius 1 is 1.00 bits per heavy atom. The van der Waals surface area contributed by atoms with Gasteiger partial charge in [0.2, 0.25) is 0 Å². The van der Waals surface area contributed by atoms with Gasteiger partial charge in [0, 0.05) is 38.3 Å². The molecule has 1 atom stereocenters. The van der Waals surface area contributed by atoms with Gasteiger partial charge in [0.25, 0.3) is 5.91 Å². The molecule has 0 aromatic heterocycles. The molecule has 0 N–H and O–H groups in total. The molecule has 1 fully saturated rings. The molecule has 0 spiro atoms. The van der Waals surface area contributed by atoms with E-state index < -0.39 is 11.6 Å². The number of anilines is 1. The van der Waals surface area contributed by atoms with Gasteiger partial charge in [-0.25, -0.2) is 4.79 Å². The number of aryl methyl sites for hydroxylation is 1. The van der Waals surface area contributed by atoms with Crippen LogP contribution in [-0.4, -0.2) is 48.6 Å². The Kier molecular flexibility index (Phi) is 4.38. The van der Waals surface area contributed by atoms with Crippen molar-refractivity contribution < 1.29 is 14.3 Å². The molecule has 140 valence electrons. The number of hydrogen-bond donors (Lipinski definition) is 0. The quantitative estimate of drug-likeness (QED) is 0.769. The first-order valence-corrected chi connectivity index (χ1v) is 9.39. The lowest BCUT2D eigenvalue weighted by Crippen LogP contribution is -2.58. The number of para-hydroxylation sites is 1. The second-order valence-electron chi connectivity index (χ2n) is 7.52. The van der Waals surface area contributed by atoms with Crippen LogP contribution < -0.4 is 4.90 Å². The number of ether oxygens (including phenoxy) is 1. The van der Waals surface area contributed by atoms with Crippen LogP contribution in [0.15, 0.2) is 48.5 Å². The fraction of sp³-hybridized carbons (Fsp3) is 0.364. The van der Waals surface area contributed by atoms with Crippen LogP contribution in [0.25, 0.3) is 0 Å². The maximum absolute atomic E-state index is 13.2. The average molecular weight is 364 g/mol. The predicted octanol–water partition coefficient (Wildman–Crippen LogP) is 2.82. The van der Waals surface area contributed by atoms with Gasteiger partial charge in [0.1, 0.15) is 0 Å². The number of fused-ring (bicyclic) bond motifs is 1. The molecule has 5 nitrogen and oxygen atoms in total. The number of piperazine rings is 1. The fourth-order valence-corrected chi connectivity index (χ4v) is 4.06. The van der Waals surface area contributed by atoms with Crippen molar-refractivity contribution in [2.75, 3.05) is 31.1 Å². The van der Waals surface area contributed by atoms with E-state index in [0.29, 0.717) is 25.1 Å². The van der Waals surface area contributed by atoms with E-state index in [2.05, 4.69) is 24.0 Å². The molecule has 0 saturated carbocycles. The van der Waals surface area contributed by atoms with Crippen LogP contribution in [0.3, 0.4) is 0 Å². The maximum atomic E-state index is 13.2. The van der Waals surface area contributed by atoms with E-state index in [4.69, 9.17) is 4.74 Å². The Hall–Kier alpha value is -2.82. The highest BCUT2D eigenvalue weighted by Gasteiger charge is 2.45. The van der Waals surface area contributed by atoms with Crippen LogP contribution in [0, 0.1) is 6.92 Å². The second kappa shape index (κ2) is 6.72. The summed E-state index contributed by atoms with van der Waals surface area (Å²) in [5, 5.41) is 0. The van der Waals surface area contributed by atoms with Crippen molar-refractivity contribution in [2.24, 2.45) is 0 Å². The van der Waals surface area contributed by atoms with E-state index in [1.54, 1.807) is 13.0 Å². The minimum atomic E-state index is -1.13. The summed E-state index contributed by atoms with van der Waals surface area (Å²) in [6, 6.07) is 15.7. The Balaban J connectivity index is 1.47. The van der Waals surface area contributed by atoms with E-state index in [1.807, 2.05) is 35.2 Å². The molecule has 0 unspecified atom stereocenters. The topological polar surface area (TPSA) is 49.9 Å². The summed E-state index contributed by atoms with van der Waals surface area (Å²) >= 11 is 0. The molecule has 1 amide bonds. The van der Waals surface area contributed by atoms with Gasteiger partial charge in [0.15, 0.2) is 5.60 Å². The van der Waals surface area contributed by atoms with Crippen molar-refractivity contribution in [2.45, 2.75) is 25.9 Å². The average Bonchev–Trinajstić information content (AvgIpc) is 2.68. The highest BCUT2D eigenvalue weighted by molar-refractivity contribution is 5.97. The Morgan fingerprint density at radius 3 is 2.41 bits per heavy atom. The van der Waals surface area contributed by atoms with Crippen LogP contribution in [-0.2, 0) is 16.0 Å². The van der Waals surface area contributed by atoms with E-state index in [0.717, 1.165) is 18.7 Å². The Labute approximate surface area is 159 Å². The normalized spacial score (nSPS) is 22.2. The van der Waals surface area contributed by atoms with Crippen molar-refractivity contribution in [3.8, 4) is 0 Å². The number of benzene rings is 2. The lowest BCUT2D eigenvalue weighted by atomic mass is 9.88. The summed E-state index contributed by atoms with van der Waals surface area (Å²) in [6.45, 7) is 6.64. The zero-order valence-corrected chi connectivity index (χ0v) is 15.8. The molecular weight excluding hydrogens is 340 g/mol. The third kappa shape index (κ3) is 3.18. The third-order valence-electron chi connectivity index (χ3n) is 5.56. The van der Waals surface area contributed by atoms with Crippen molar-refractivity contribution in [3.05, 3.63) is 65.2 Å². The largest absolute Gasteiger partial charge is 0.445 e. The molecule has 2 aliphatic rings. The number of carbonyl (C=O) groups excluding carboxylic acids is 2. The van der Waals surface area contributed by atoms with Crippen LogP contribution in [0.2, 0.25) is 0 Å². The Morgan fingerprint density at radius 2 is 1.67 bits per heavy atom. The van der Waals surface area contributed by atoms with Crippen molar-refractivity contribution >= 4 is 17.6 Å². The zero-order chi connectivity index (χ0) is 19.0. The van der Waals surface area contributed by atoms with Gasteiger partial charge >= 0.3 is 5.97 Å². The smallest absolute Gasteiger partial charge is 0.339 e. The SMILES string of the molecule is Cc1ccccc1N1CCN(C(=O)[C@@]2(C)Cc3ccccc3C(=O)O2)CC1. The van der Waals surface area contributed by atoms with Crippen LogP contribution in [0.1, 0.15) is 28.4 Å². The van der Waals surface area contributed by atoms with Gasteiger partial charge in [-0.05, 0) is 37.1 Å². The number of esters is 1. The number of amides is 1. The number of nitrogens with zero attached hydrogens (tertiary/aromatic N) is 2. The number of cyclic esters (lactones) is 1. The zero-order valence-electron chi connectivity index (χ0n) is 15.8. The Bertz CT molecular complexity index is 887. The monoisotopic (exact) mass is 364 g/mol. The molecule has 2 aliphatic heterocycles. The fourth-order valence-electron chi connectivity index (χ4n) is 4.06. The van der Waals surface area contributed by atoms with Gasteiger partial charge in [0.05, 0.1) is 5.56 Å². The van der Waals surface area contributed by atoms with E-state index in [9.17, 15) is 9.59 Å². The van der Waals surface area contributed by atoms with Crippen LogP contribution in [0.5, 0.6) is 0 Å². The van der Waals surface area contributed by atoms with Gasteiger partial charge in [-0.1, -0.05) is 36.4 Å². The van der Waals surface area contributed by atoms with Crippen molar-refractivity contribution in [3.63, 3.8) is 0 Å². The van der Waals surface area contributed by atoms with E-state index in [1.165, 1.54) is 11.3 Å². The lowest BCUT2D eigenvalue weighted by Gasteiger charge is -2.41. The minimum absolute atomic E-state index is 0.102. The third-order valence-corrected chi connectivity index (χ3v) is 5.56. The lowest BCUT2D eigenvalue weighted by molar-refractivity contribution is -0.151. The summed E-state index contributed by atoms with van der Waals surface area (Å²) in [6.07, 6.45) is 0.422. The molecule has 0 aliphatic carbocycles. The standard InChI is InChI=1S/C22H24N2O3/c1-16-7-3-6-10-19(16)23-11-13-24(14-12-23)21(26)22(2)15-17-8-4-5-9-18(17)20(25)27-22/h3-10H,11-15H2,1-2H3/t22-/m1/s1. The van der Waals surface area contributed by atoms with E-state index in [-0.39, 0.29) is 5.91 Å². The second-order valence-corrected chi connectivity index (χ2v) is 7.52. The molecule has 2 heterocycles. The maximum Gasteiger partial charge on any atom is 0.339 e. The molecule has 27 heavy (non-hydrogen) atoms. The molecular formula is C22H24N2O3. The highest BCUT2D eigenvalue weighted by atomic mass is 16.6. The molecule has 5 heteroatoms. The predicted molar refractivity (Wildman–Crippen MR) is 104 cm³/mol. The number of rotatable bonds is 2. The summed E-state index contributed by atoms with van der Waals surface area (Å²) < 4.78 is 5.60. The molecule has 4 rings (SSSR count). The van der Waals surface area contributed by atoms with E-state index >= 15 is 0 Å². The first kappa shape index (κ1) is 17.6. The molecule has 0 radical (unpaired) electrons.